The van der Waals surface area contributed by atoms with Crippen molar-refractivity contribution in [2.75, 3.05) is 35.2 Å². The van der Waals surface area contributed by atoms with Crippen molar-refractivity contribution in [3.8, 4) is 22.3 Å². The van der Waals surface area contributed by atoms with Crippen molar-refractivity contribution in [3.63, 3.8) is 0 Å². The number of carbonyl (C=O) groups is 6. The van der Waals surface area contributed by atoms with Gasteiger partial charge in [-0.1, -0.05) is 19.6 Å². The first-order chi connectivity index (χ1) is 38.6. The van der Waals surface area contributed by atoms with Gasteiger partial charge in [-0.15, -0.1) is 12.4 Å². The molecule has 0 unspecified atom stereocenters. The number of pyridine rings is 2. The second-order valence-electron chi connectivity index (χ2n) is 17.7. The highest BCUT2D eigenvalue weighted by Gasteiger charge is 2.40. The summed E-state index contributed by atoms with van der Waals surface area (Å²) in [4.78, 5) is 97.6. The predicted molar refractivity (Wildman–Crippen MR) is 324 cm³/mol. The Bertz CT molecular complexity index is 3710. The van der Waals surface area contributed by atoms with Crippen LogP contribution in [-0.4, -0.2) is 132 Å². The van der Waals surface area contributed by atoms with Crippen LogP contribution < -0.4 is 27.4 Å². The Morgan fingerprint density at radius 1 is 0.679 bits per heavy atom. The third-order valence-corrected chi connectivity index (χ3v) is 13.2. The average Bonchev–Trinajstić information content (AvgIpc) is 2.69. The van der Waals surface area contributed by atoms with Crippen LogP contribution in [0.4, 0.5) is 41.1 Å². The first-order valence-corrected chi connectivity index (χ1v) is 26.7. The van der Waals surface area contributed by atoms with Crippen LogP contribution in [0.1, 0.15) is 55.1 Å². The number of hydrogen-bond donors (Lipinski definition) is 6. The number of alkyl halides is 2. The number of nitrogens with two attached hydrogens (primary N) is 2. The number of benzene rings is 2. The highest BCUT2D eigenvalue weighted by molar-refractivity contribution is 9.10. The van der Waals surface area contributed by atoms with E-state index >= 15 is 0 Å². The van der Waals surface area contributed by atoms with Crippen molar-refractivity contribution < 1.29 is 51.4 Å². The SMILES string of the molecule is C.CC(=O)c1nn(CC(=O)N2C[C@H](F)C[C@H]2C(=O)Nc2ccc(F)c(Br)n2)c2ccc(-c3cnc(N)nc3)cc12.CC(=O)c1nn(CC(=O)O)c2ccc(-c3cnc(N)nc3)cc12.Cl.O=C(Nc1ccc(F)c(Br)n1)[C@@H]1C[C@@H](F)CN1.S.S=S. The molecule has 0 radical (unpaired) electrons. The first kappa shape index (κ1) is 68.9. The maximum absolute atomic E-state index is 14.4. The number of anilines is 4. The van der Waals surface area contributed by atoms with E-state index in [4.69, 9.17) is 16.6 Å². The van der Waals surface area contributed by atoms with Crippen LogP contribution in [0.25, 0.3) is 44.1 Å². The highest BCUT2D eigenvalue weighted by Crippen LogP contribution is 2.30. The molecule has 8 aromatic rings. The zero-order valence-corrected chi connectivity index (χ0v) is 49.7. The number of nitrogen functional groups attached to an aromatic ring is 2. The number of aromatic nitrogens is 10. The monoisotopic (exact) mass is 1360 g/mol. The molecule has 2 aliphatic rings. The molecule has 23 nitrogen and oxygen atoms in total. The Labute approximate surface area is 515 Å². The summed E-state index contributed by atoms with van der Waals surface area (Å²) in [7, 11) is 0. The molecular weight excluding hydrogens is 1320 g/mol. The van der Waals surface area contributed by atoms with Crippen LogP contribution in [0, 0.1) is 11.6 Å². The number of halogens is 7. The van der Waals surface area contributed by atoms with Gasteiger partial charge in [-0.3, -0.25) is 38.1 Å². The summed E-state index contributed by atoms with van der Waals surface area (Å²) < 4.78 is 56.3. The quantitative estimate of drug-likeness (QED) is 0.0397. The van der Waals surface area contributed by atoms with Crippen LogP contribution in [0.15, 0.2) is 94.7 Å². The van der Waals surface area contributed by atoms with Crippen molar-refractivity contribution in [2.24, 2.45) is 0 Å². The van der Waals surface area contributed by atoms with Crippen molar-refractivity contribution in [1.82, 2.24) is 59.7 Å². The molecule has 10 rings (SSSR count). The Balaban J connectivity index is 0.000000286. The van der Waals surface area contributed by atoms with E-state index in [1.54, 1.807) is 61.2 Å². The predicted octanol–water partition coefficient (Wildman–Crippen LogP) is 7.30. The minimum atomic E-state index is -1.41. The third kappa shape index (κ3) is 17.0. The number of amides is 3. The fourth-order valence-corrected chi connectivity index (χ4v) is 9.04. The maximum Gasteiger partial charge on any atom is 0.325 e. The van der Waals surface area contributed by atoms with Gasteiger partial charge in [0, 0.05) is 102 Å². The summed E-state index contributed by atoms with van der Waals surface area (Å²) >= 11 is 13.2. The minimum absolute atomic E-state index is 0. The summed E-state index contributed by atoms with van der Waals surface area (Å²) in [6, 6.07) is 13.7. The van der Waals surface area contributed by atoms with Gasteiger partial charge in [-0.25, -0.2) is 47.5 Å². The lowest BCUT2D eigenvalue weighted by Gasteiger charge is -2.23. The molecule has 2 fully saturated rings. The number of carboxylic acids is 1. The second-order valence-corrected chi connectivity index (χ2v) is 19.3. The molecule has 3 amide bonds. The molecule has 2 saturated heterocycles. The van der Waals surface area contributed by atoms with Crippen LogP contribution >= 0.6 is 57.8 Å². The number of nitrogens with zero attached hydrogens (tertiary/aromatic N) is 11. The van der Waals surface area contributed by atoms with Gasteiger partial charge < -0.3 is 37.4 Å². The summed E-state index contributed by atoms with van der Waals surface area (Å²) in [5.41, 5.74) is 15.4. The van der Waals surface area contributed by atoms with Crippen LogP contribution in [0.5, 0.6) is 0 Å². The lowest BCUT2D eigenvalue weighted by molar-refractivity contribution is -0.138. The molecule has 0 aliphatic carbocycles. The number of carboxylic acid groups (broad SMARTS) is 1. The van der Waals surface area contributed by atoms with Gasteiger partial charge in [0.2, 0.25) is 29.6 Å². The van der Waals surface area contributed by atoms with E-state index in [2.05, 4.69) is 110 Å². The molecule has 0 bridgehead atoms. The van der Waals surface area contributed by atoms with E-state index < -0.39 is 53.8 Å². The second kappa shape index (κ2) is 30.8. The molecule has 8 heterocycles. The van der Waals surface area contributed by atoms with E-state index in [1.807, 2.05) is 0 Å². The zero-order valence-electron chi connectivity index (χ0n) is 43.1. The van der Waals surface area contributed by atoms with Gasteiger partial charge >= 0.3 is 5.97 Å². The number of aliphatic carboxylic acids is 1. The number of rotatable bonds is 12. The van der Waals surface area contributed by atoms with Gasteiger partial charge in [0.05, 0.1) is 23.6 Å². The summed E-state index contributed by atoms with van der Waals surface area (Å²) in [5.74, 6) is -3.68. The molecule has 84 heavy (non-hydrogen) atoms. The number of nitrogens with one attached hydrogen (secondary N) is 3. The molecule has 0 spiro atoms. The molecule has 4 atom stereocenters. The first-order valence-electron chi connectivity index (χ1n) is 23.8. The van der Waals surface area contributed by atoms with E-state index in [0.29, 0.717) is 32.9 Å². The van der Waals surface area contributed by atoms with Crippen LogP contribution in [0.2, 0.25) is 0 Å². The van der Waals surface area contributed by atoms with E-state index in [0.717, 1.165) is 22.1 Å². The summed E-state index contributed by atoms with van der Waals surface area (Å²) in [5, 5.41) is 26.3. The van der Waals surface area contributed by atoms with E-state index in [-0.39, 0.29) is 134 Å². The van der Waals surface area contributed by atoms with Gasteiger partial charge in [0.25, 0.3) is 0 Å². The number of Topliss-reactive ketones (excluding diaryl/α,β-unsaturated/α-hetero) is 2. The molecular formula is C51H51Br2ClF4N16O7S3. The van der Waals surface area contributed by atoms with Gasteiger partial charge in [0.1, 0.15) is 63.7 Å². The Morgan fingerprint density at radius 2 is 1.12 bits per heavy atom. The highest BCUT2D eigenvalue weighted by atomic mass is 79.9. The molecule has 2 aliphatic heterocycles. The van der Waals surface area contributed by atoms with Crippen molar-refractivity contribution in [1.29, 1.82) is 0 Å². The number of hydrogen-bond acceptors (Lipinski definition) is 19. The molecule has 444 valence electrons. The summed E-state index contributed by atoms with van der Waals surface area (Å²) in [6.07, 6.45) is 3.80. The fraction of sp³-hybridized carbons (Fsp3) is 0.255. The smallest absolute Gasteiger partial charge is 0.325 e. The number of ketones is 2. The lowest BCUT2D eigenvalue weighted by Crippen LogP contribution is -2.44. The Morgan fingerprint density at radius 3 is 1.52 bits per heavy atom. The average molecular weight is 1370 g/mol. The number of fused-ring (bicyclic) bond motifs is 2. The van der Waals surface area contributed by atoms with Crippen molar-refractivity contribution in [3.05, 3.63) is 118 Å². The summed E-state index contributed by atoms with van der Waals surface area (Å²) in [6.45, 7) is 2.02. The van der Waals surface area contributed by atoms with Gasteiger partial charge in [-0.2, -0.15) is 23.7 Å². The maximum atomic E-state index is 14.4. The Hall–Kier alpha value is -7.62. The molecule has 6 aromatic heterocycles. The van der Waals surface area contributed by atoms with Gasteiger partial charge in [0.15, 0.2) is 23.2 Å². The minimum Gasteiger partial charge on any atom is -0.480 e. The van der Waals surface area contributed by atoms with E-state index in [9.17, 15) is 46.3 Å². The van der Waals surface area contributed by atoms with Crippen molar-refractivity contribution in [2.45, 2.75) is 71.6 Å². The Kier molecular flexibility index (Phi) is 25.2. The number of likely N-dealkylation sites (tertiary alicyclic amines) is 1. The van der Waals surface area contributed by atoms with Crippen molar-refractivity contribution >= 4 is 161 Å². The molecule has 0 saturated carbocycles. The fourth-order valence-electron chi connectivity index (χ4n) is 8.40. The third-order valence-electron chi connectivity index (χ3n) is 12.1. The lowest BCUT2D eigenvalue weighted by atomic mass is 10.0. The van der Waals surface area contributed by atoms with Crippen LogP contribution in [-0.2, 0) is 54.6 Å². The standard InChI is InChI=1S/C25H21BrF2N8O3.C15H13N5O3.C10H10BrF2N3O.CH4.ClH.S2.H2S/c1-12(37)22-16-6-13(14-8-30-25(29)31-9-14)2-4-18(16)36(34-22)11-21(38)35-10-15(27)7-19(35)24(39)33-20-5-3-17(28)23(26)32-20;1-8(21)14-11-4-9(10-5-17-15(16)18-6-10)2-3-12(11)20(19-14)7-13(22)23;11-9-6(13)1-2-8(15-9)16-10(17)7-3-5(12)4-14-7;;;1-2;/h2-6,8-9,15,19H,7,10-11H2,1H3,(H2,29,30,31)(H,32,33,39);2-6H,7H2,1H3,(H,22,23)(H2,16,17,18);1-2,5,7,14H,3-4H2,(H,15,16,17);1H4;1H;;1H2/t15-,19+;;5-,7+;;;;/m1.1..../s1. The van der Waals surface area contributed by atoms with Crippen LogP contribution in [0.3, 0.4) is 0 Å². The molecule has 8 N–H and O–H groups in total. The zero-order chi connectivity index (χ0) is 58.8. The molecule has 33 heteroatoms. The topological polar surface area (TPSA) is 327 Å². The van der Waals surface area contributed by atoms with E-state index in [1.165, 1.54) is 41.4 Å². The largest absolute Gasteiger partial charge is 0.480 e. The number of carbonyl (C=O) groups excluding carboxylic acids is 5. The normalized spacial score (nSPS) is 15.7. The van der Waals surface area contributed by atoms with Gasteiger partial charge in [-0.05, 0) is 91.5 Å². The molecule has 2 aromatic carbocycles.